The van der Waals surface area contributed by atoms with Crippen LogP contribution in [0.15, 0.2) is 60.2 Å². The molecule has 0 saturated carbocycles. The van der Waals surface area contributed by atoms with E-state index in [4.69, 9.17) is 25.8 Å². The first-order valence-electron chi connectivity index (χ1n) is 11.5. The maximum atomic E-state index is 13.6. The Bertz CT molecular complexity index is 1590. The number of benzene rings is 3. The van der Waals surface area contributed by atoms with E-state index in [0.29, 0.717) is 38.9 Å². The van der Waals surface area contributed by atoms with Crippen LogP contribution in [0.2, 0.25) is 5.02 Å². The van der Waals surface area contributed by atoms with Crippen LogP contribution in [0.25, 0.3) is 16.0 Å². The summed E-state index contributed by atoms with van der Waals surface area (Å²) in [6.07, 6.45) is 0. The zero-order chi connectivity index (χ0) is 27.1. The fraction of sp³-hybridized carbons (Fsp3) is 0.179. The lowest BCUT2D eigenvalue weighted by Gasteiger charge is -2.24. The van der Waals surface area contributed by atoms with Gasteiger partial charge in [0.1, 0.15) is 5.76 Å². The fourth-order valence-corrected chi connectivity index (χ4v) is 5.73. The van der Waals surface area contributed by atoms with Crippen LogP contribution in [0.4, 0.5) is 5.13 Å². The minimum Gasteiger partial charge on any atom is -0.507 e. The molecule has 8 nitrogen and oxygen atoms in total. The predicted molar refractivity (Wildman–Crippen MR) is 147 cm³/mol. The van der Waals surface area contributed by atoms with Crippen LogP contribution in [0.1, 0.15) is 22.7 Å². The number of ketones is 1. The van der Waals surface area contributed by atoms with Crippen molar-refractivity contribution in [3.63, 3.8) is 0 Å². The highest BCUT2D eigenvalue weighted by atomic mass is 35.5. The number of ether oxygens (including phenoxy) is 3. The summed E-state index contributed by atoms with van der Waals surface area (Å²) >= 11 is 7.38. The summed E-state index contributed by atoms with van der Waals surface area (Å²) < 4.78 is 17.3. The van der Waals surface area contributed by atoms with Crippen molar-refractivity contribution in [1.82, 2.24) is 4.98 Å². The third kappa shape index (κ3) is 4.23. The molecule has 1 aliphatic heterocycles. The molecule has 1 saturated heterocycles. The number of aryl methyl sites for hydroxylation is 1. The number of nitrogens with zero attached hydrogens (tertiary/aromatic N) is 2. The molecule has 1 aliphatic rings. The van der Waals surface area contributed by atoms with E-state index in [1.807, 2.05) is 19.1 Å². The van der Waals surface area contributed by atoms with Crippen molar-refractivity contribution in [1.29, 1.82) is 0 Å². The molecule has 1 aromatic heterocycles. The number of amides is 1. The first kappa shape index (κ1) is 25.6. The number of fused-ring (bicyclic) bond motifs is 1. The second kappa shape index (κ2) is 10.00. The quantitative estimate of drug-likeness (QED) is 0.181. The van der Waals surface area contributed by atoms with E-state index in [1.54, 1.807) is 42.5 Å². The molecule has 4 aromatic rings. The van der Waals surface area contributed by atoms with Gasteiger partial charge in [-0.15, -0.1) is 0 Å². The zero-order valence-electron chi connectivity index (χ0n) is 20.9. The second-order valence-corrected chi connectivity index (χ2v) is 10.0. The van der Waals surface area contributed by atoms with Gasteiger partial charge in [-0.3, -0.25) is 14.5 Å². The van der Waals surface area contributed by atoms with Crippen LogP contribution < -0.4 is 19.1 Å². The van der Waals surface area contributed by atoms with Crippen molar-refractivity contribution in [2.24, 2.45) is 0 Å². The summed E-state index contributed by atoms with van der Waals surface area (Å²) in [4.78, 5) is 33.0. The molecular weight excluding hydrogens is 528 g/mol. The smallest absolute Gasteiger partial charge is 0.301 e. The Morgan fingerprint density at radius 3 is 2.24 bits per heavy atom. The maximum absolute atomic E-state index is 13.6. The number of carbonyl (C=O) groups excluding carboxylic acids is 2. The Morgan fingerprint density at radius 2 is 1.63 bits per heavy atom. The number of Topliss-reactive ketones (excluding diaryl/α,β-unsaturated/α-hetero) is 1. The van der Waals surface area contributed by atoms with Gasteiger partial charge < -0.3 is 19.3 Å². The Kier molecular flexibility index (Phi) is 6.73. The van der Waals surface area contributed by atoms with Gasteiger partial charge in [0.15, 0.2) is 16.6 Å². The molecule has 1 fully saturated rings. The van der Waals surface area contributed by atoms with Gasteiger partial charge in [-0.1, -0.05) is 52.8 Å². The highest BCUT2D eigenvalue weighted by Crippen LogP contribution is 2.48. The number of hydrogen-bond acceptors (Lipinski definition) is 8. The molecule has 1 amide bonds. The number of halogens is 1. The number of carbonyl (C=O) groups is 2. The first-order chi connectivity index (χ1) is 18.3. The lowest BCUT2D eigenvalue weighted by Crippen LogP contribution is -2.29. The van der Waals surface area contributed by atoms with Crippen molar-refractivity contribution < 1.29 is 28.9 Å². The molecule has 3 aromatic carbocycles. The standard InChI is InChI=1S/C28H23ClN2O6S/c1-14-5-7-15(8-6-14)24(32)22-23(16-11-19(35-2)26(37-4)20(12-16)36-3)31(27(34)25(22)33)28-30-18-10-9-17(29)13-21(18)38-28/h5-13,23,32H,1-4H3. The number of anilines is 1. The Labute approximate surface area is 227 Å². The molecule has 1 atom stereocenters. The first-order valence-corrected chi connectivity index (χ1v) is 12.7. The topological polar surface area (TPSA) is 98.2 Å². The second-order valence-electron chi connectivity index (χ2n) is 8.60. The zero-order valence-corrected chi connectivity index (χ0v) is 22.5. The van der Waals surface area contributed by atoms with Gasteiger partial charge in [0.25, 0.3) is 5.78 Å². The number of methoxy groups -OCH3 is 3. The summed E-state index contributed by atoms with van der Waals surface area (Å²) in [6.45, 7) is 1.91. The van der Waals surface area contributed by atoms with Gasteiger partial charge in [0, 0.05) is 10.6 Å². The lowest BCUT2D eigenvalue weighted by molar-refractivity contribution is -0.132. The van der Waals surface area contributed by atoms with Crippen molar-refractivity contribution in [2.45, 2.75) is 13.0 Å². The summed E-state index contributed by atoms with van der Waals surface area (Å²) in [7, 11) is 4.43. The van der Waals surface area contributed by atoms with Crippen LogP contribution in [0.3, 0.4) is 0 Å². The van der Waals surface area contributed by atoms with Gasteiger partial charge in [-0.05, 0) is 42.8 Å². The maximum Gasteiger partial charge on any atom is 0.301 e. The Hall–Kier alpha value is -4.08. The minimum absolute atomic E-state index is 0.0783. The third-order valence-electron chi connectivity index (χ3n) is 6.32. The number of aliphatic hydroxyl groups is 1. The average molecular weight is 551 g/mol. The van der Waals surface area contributed by atoms with Gasteiger partial charge in [-0.25, -0.2) is 4.98 Å². The molecule has 194 valence electrons. The van der Waals surface area contributed by atoms with Crippen LogP contribution in [-0.4, -0.2) is 43.1 Å². The van der Waals surface area contributed by atoms with E-state index in [9.17, 15) is 14.7 Å². The molecular formula is C28H23ClN2O6S. The van der Waals surface area contributed by atoms with E-state index in [-0.39, 0.29) is 16.5 Å². The normalized spacial score (nSPS) is 16.8. The number of rotatable bonds is 6. The average Bonchev–Trinajstić information content (AvgIpc) is 3.45. The summed E-state index contributed by atoms with van der Waals surface area (Å²) in [5.74, 6) is -0.933. The Balaban J connectivity index is 1.78. The molecule has 1 N–H and O–H groups in total. The molecule has 5 rings (SSSR count). The van der Waals surface area contributed by atoms with Gasteiger partial charge in [0.05, 0.1) is 43.2 Å². The number of hydrogen-bond donors (Lipinski definition) is 1. The van der Waals surface area contributed by atoms with E-state index in [0.717, 1.165) is 10.3 Å². The van der Waals surface area contributed by atoms with Crippen LogP contribution >= 0.6 is 22.9 Å². The molecule has 2 heterocycles. The van der Waals surface area contributed by atoms with Crippen LogP contribution in [0.5, 0.6) is 17.2 Å². The molecule has 38 heavy (non-hydrogen) atoms. The number of thiazole rings is 1. The van der Waals surface area contributed by atoms with Gasteiger partial charge in [-0.2, -0.15) is 0 Å². The molecule has 0 bridgehead atoms. The van der Waals surface area contributed by atoms with Crippen LogP contribution in [-0.2, 0) is 9.59 Å². The number of aliphatic hydroxyl groups excluding tert-OH is 1. The molecule has 0 radical (unpaired) electrons. The monoisotopic (exact) mass is 550 g/mol. The SMILES string of the molecule is COc1cc(C2C(=C(O)c3ccc(C)cc3)C(=O)C(=O)N2c2nc3ccc(Cl)cc3s2)cc(OC)c1OC. The molecule has 0 spiro atoms. The van der Waals surface area contributed by atoms with Crippen molar-refractivity contribution in [3.8, 4) is 17.2 Å². The molecule has 0 aliphatic carbocycles. The summed E-state index contributed by atoms with van der Waals surface area (Å²) in [5.41, 5.74) is 2.40. The Morgan fingerprint density at radius 1 is 0.974 bits per heavy atom. The molecule has 10 heteroatoms. The lowest BCUT2D eigenvalue weighted by atomic mass is 9.94. The predicted octanol–water partition coefficient (Wildman–Crippen LogP) is 5.91. The van der Waals surface area contributed by atoms with Crippen molar-refractivity contribution in [3.05, 3.63) is 81.9 Å². The van der Waals surface area contributed by atoms with E-state index >= 15 is 0 Å². The largest absolute Gasteiger partial charge is 0.507 e. The fourth-order valence-electron chi connectivity index (χ4n) is 4.46. The number of aromatic nitrogens is 1. The van der Waals surface area contributed by atoms with Gasteiger partial charge >= 0.3 is 5.91 Å². The van der Waals surface area contributed by atoms with Gasteiger partial charge in [0.2, 0.25) is 5.75 Å². The highest BCUT2D eigenvalue weighted by Gasteiger charge is 2.48. The van der Waals surface area contributed by atoms with E-state index in [2.05, 4.69) is 4.98 Å². The van der Waals surface area contributed by atoms with Crippen molar-refractivity contribution in [2.75, 3.05) is 26.2 Å². The van der Waals surface area contributed by atoms with E-state index < -0.39 is 17.7 Å². The van der Waals surface area contributed by atoms with Crippen LogP contribution in [0, 0.1) is 6.92 Å². The highest BCUT2D eigenvalue weighted by molar-refractivity contribution is 7.22. The minimum atomic E-state index is -1.03. The third-order valence-corrected chi connectivity index (χ3v) is 7.57. The summed E-state index contributed by atoms with van der Waals surface area (Å²) in [6, 6.07) is 14.5. The van der Waals surface area contributed by atoms with E-state index in [1.165, 1.54) is 37.6 Å². The summed E-state index contributed by atoms with van der Waals surface area (Å²) in [5, 5.41) is 12.2. The molecule has 1 unspecified atom stereocenters. The van der Waals surface area contributed by atoms with Crippen molar-refractivity contribution >= 4 is 55.7 Å².